The van der Waals surface area contributed by atoms with E-state index in [-0.39, 0.29) is 0 Å². The van der Waals surface area contributed by atoms with Crippen LogP contribution in [-0.2, 0) is 9.47 Å². The van der Waals surface area contributed by atoms with Gasteiger partial charge in [-0.3, -0.25) is 0 Å². The van der Waals surface area contributed by atoms with Gasteiger partial charge in [0, 0.05) is 32.5 Å². The number of hydrogen-bond acceptors (Lipinski definition) is 5. The fourth-order valence-electron chi connectivity index (χ4n) is 2.01. The van der Waals surface area contributed by atoms with Crippen LogP contribution in [0.5, 0.6) is 5.75 Å². The Hall–Kier alpha value is -1.30. The van der Waals surface area contributed by atoms with Gasteiger partial charge in [-0.2, -0.15) is 0 Å². The number of methoxy groups -OCH3 is 2. The molecule has 1 aromatic carbocycles. The summed E-state index contributed by atoms with van der Waals surface area (Å²) in [5, 5.41) is 0. The maximum Gasteiger partial charge on any atom is 0.203 e. The van der Waals surface area contributed by atoms with Crippen molar-refractivity contribution in [1.82, 2.24) is 0 Å². The number of anilines is 1. The Morgan fingerprint density at radius 3 is 2.61 bits per heavy atom. The van der Waals surface area contributed by atoms with E-state index in [9.17, 15) is 0 Å². The van der Waals surface area contributed by atoms with Crippen LogP contribution in [0.25, 0.3) is 0 Å². The van der Waals surface area contributed by atoms with E-state index in [1.54, 1.807) is 14.2 Å². The third-order valence-electron chi connectivity index (χ3n) is 3.18. The van der Waals surface area contributed by atoms with Crippen LogP contribution >= 0.6 is 0 Å². The molecule has 100 valence electrons. The Kier molecular flexibility index (Phi) is 4.06. The first-order valence-corrected chi connectivity index (χ1v) is 6.01. The fourth-order valence-corrected chi connectivity index (χ4v) is 2.01. The van der Waals surface area contributed by atoms with Crippen molar-refractivity contribution in [1.29, 1.82) is 0 Å². The SMILES string of the molecule is COC1(OC)CN(c2cccc(OCCN)c2)C1. The highest BCUT2D eigenvalue weighted by atomic mass is 16.7. The lowest BCUT2D eigenvalue weighted by molar-refractivity contribution is -0.219. The van der Waals surface area contributed by atoms with E-state index < -0.39 is 5.79 Å². The molecule has 0 radical (unpaired) electrons. The first kappa shape index (κ1) is 13.1. The molecule has 0 bridgehead atoms. The molecule has 1 saturated heterocycles. The van der Waals surface area contributed by atoms with E-state index in [4.69, 9.17) is 19.9 Å². The quantitative estimate of drug-likeness (QED) is 0.760. The molecular formula is C13H20N2O3. The topological polar surface area (TPSA) is 57.0 Å². The third kappa shape index (κ3) is 2.58. The molecule has 5 nitrogen and oxygen atoms in total. The predicted molar refractivity (Wildman–Crippen MR) is 70.0 cm³/mol. The third-order valence-corrected chi connectivity index (χ3v) is 3.18. The monoisotopic (exact) mass is 252 g/mol. The van der Waals surface area contributed by atoms with Crippen molar-refractivity contribution in [3.8, 4) is 5.75 Å². The second-order valence-corrected chi connectivity index (χ2v) is 4.31. The van der Waals surface area contributed by atoms with E-state index in [0.717, 1.165) is 24.5 Å². The van der Waals surface area contributed by atoms with E-state index in [2.05, 4.69) is 4.90 Å². The van der Waals surface area contributed by atoms with Gasteiger partial charge < -0.3 is 24.8 Å². The normalized spacial score (nSPS) is 17.4. The highest BCUT2D eigenvalue weighted by Crippen LogP contribution is 2.32. The molecule has 0 atom stereocenters. The van der Waals surface area contributed by atoms with Crippen LogP contribution in [0.3, 0.4) is 0 Å². The zero-order chi connectivity index (χ0) is 13.0. The zero-order valence-electron chi connectivity index (χ0n) is 10.9. The van der Waals surface area contributed by atoms with Crippen LogP contribution in [0.2, 0.25) is 0 Å². The fraction of sp³-hybridized carbons (Fsp3) is 0.538. The molecule has 18 heavy (non-hydrogen) atoms. The van der Waals surface area contributed by atoms with Gasteiger partial charge in [0.1, 0.15) is 12.4 Å². The van der Waals surface area contributed by atoms with Crippen molar-refractivity contribution >= 4 is 5.69 Å². The van der Waals surface area contributed by atoms with E-state index in [0.29, 0.717) is 13.2 Å². The number of benzene rings is 1. The average Bonchev–Trinajstić information content (AvgIpc) is 2.37. The number of nitrogens with zero attached hydrogens (tertiary/aromatic N) is 1. The molecule has 1 fully saturated rings. The van der Waals surface area contributed by atoms with Crippen LogP contribution < -0.4 is 15.4 Å². The van der Waals surface area contributed by atoms with Crippen LogP contribution in [-0.4, -0.2) is 46.2 Å². The first-order chi connectivity index (χ1) is 8.73. The summed E-state index contributed by atoms with van der Waals surface area (Å²) in [6.07, 6.45) is 0. The Labute approximate surface area is 107 Å². The van der Waals surface area contributed by atoms with Crippen LogP contribution in [0, 0.1) is 0 Å². The molecular weight excluding hydrogens is 232 g/mol. The molecule has 0 amide bonds. The minimum atomic E-state index is -0.464. The maximum absolute atomic E-state index is 5.51. The molecule has 1 heterocycles. The Morgan fingerprint density at radius 1 is 1.28 bits per heavy atom. The largest absolute Gasteiger partial charge is 0.492 e. The van der Waals surface area contributed by atoms with E-state index >= 15 is 0 Å². The smallest absolute Gasteiger partial charge is 0.203 e. The van der Waals surface area contributed by atoms with Crippen molar-refractivity contribution in [2.24, 2.45) is 5.73 Å². The molecule has 0 spiro atoms. The van der Waals surface area contributed by atoms with E-state index in [1.807, 2.05) is 24.3 Å². The van der Waals surface area contributed by atoms with Crippen LogP contribution in [0.1, 0.15) is 0 Å². The van der Waals surface area contributed by atoms with Gasteiger partial charge in [-0.1, -0.05) is 6.07 Å². The summed E-state index contributed by atoms with van der Waals surface area (Å²) in [7, 11) is 3.34. The van der Waals surface area contributed by atoms with Crippen molar-refractivity contribution in [2.45, 2.75) is 5.79 Å². The average molecular weight is 252 g/mol. The van der Waals surface area contributed by atoms with Gasteiger partial charge in [-0.25, -0.2) is 0 Å². The van der Waals surface area contributed by atoms with Gasteiger partial charge in [0.15, 0.2) is 0 Å². The van der Waals surface area contributed by atoms with Crippen molar-refractivity contribution in [2.75, 3.05) is 45.4 Å². The summed E-state index contributed by atoms with van der Waals surface area (Å²) in [4.78, 5) is 2.18. The standard InChI is InChI=1S/C13H20N2O3/c1-16-13(17-2)9-15(10-13)11-4-3-5-12(8-11)18-7-6-14/h3-5,8H,6-7,9-10,14H2,1-2H3. The number of nitrogens with two attached hydrogens (primary N) is 1. The van der Waals surface area contributed by atoms with Crippen LogP contribution in [0.4, 0.5) is 5.69 Å². The van der Waals surface area contributed by atoms with Gasteiger partial charge in [0.25, 0.3) is 0 Å². The number of hydrogen-bond donors (Lipinski definition) is 1. The highest BCUT2D eigenvalue weighted by Gasteiger charge is 2.43. The van der Waals surface area contributed by atoms with Gasteiger partial charge >= 0.3 is 0 Å². The van der Waals surface area contributed by atoms with Crippen LogP contribution in [0.15, 0.2) is 24.3 Å². The molecule has 0 unspecified atom stereocenters. The Balaban J connectivity index is 1.98. The Morgan fingerprint density at radius 2 is 2.00 bits per heavy atom. The summed E-state index contributed by atoms with van der Waals surface area (Å²) in [5.41, 5.74) is 6.52. The molecule has 0 saturated carbocycles. The number of ether oxygens (including phenoxy) is 3. The molecule has 0 aliphatic carbocycles. The zero-order valence-corrected chi connectivity index (χ0v) is 10.9. The predicted octanol–water partition coefficient (Wildman–Crippen LogP) is 0.833. The summed E-state index contributed by atoms with van der Waals surface area (Å²) >= 11 is 0. The van der Waals surface area contributed by atoms with Gasteiger partial charge in [-0.15, -0.1) is 0 Å². The molecule has 1 aliphatic rings. The second-order valence-electron chi connectivity index (χ2n) is 4.31. The summed E-state index contributed by atoms with van der Waals surface area (Å²) in [6.45, 7) is 2.49. The number of rotatable bonds is 6. The lowest BCUT2D eigenvalue weighted by Gasteiger charge is -2.48. The van der Waals surface area contributed by atoms with Gasteiger partial charge in [0.05, 0.1) is 13.1 Å². The summed E-state index contributed by atoms with van der Waals surface area (Å²) < 4.78 is 16.2. The molecule has 0 aromatic heterocycles. The minimum Gasteiger partial charge on any atom is -0.492 e. The van der Waals surface area contributed by atoms with Crippen molar-refractivity contribution < 1.29 is 14.2 Å². The van der Waals surface area contributed by atoms with Gasteiger partial charge in [0.2, 0.25) is 5.79 Å². The molecule has 1 aliphatic heterocycles. The van der Waals surface area contributed by atoms with Gasteiger partial charge in [-0.05, 0) is 12.1 Å². The molecule has 5 heteroatoms. The van der Waals surface area contributed by atoms with Crippen molar-refractivity contribution in [3.05, 3.63) is 24.3 Å². The molecule has 2 rings (SSSR count). The minimum absolute atomic E-state index is 0.464. The lowest BCUT2D eigenvalue weighted by Crippen LogP contribution is -2.64. The maximum atomic E-state index is 5.51. The highest BCUT2D eigenvalue weighted by molar-refractivity contribution is 5.53. The van der Waals surface area contributed by atoms with Crippen molar-refractivity contribution in [3.63, 3.8) is 0 Å². The second kappa shape index (κ2) is 5.56. The molecule has 2 N–H and O–H groups in total. The first-order valence-electron chi connectivity index (χ1n) is 6.01. The van der Waals surface area contributed by atoms with E-state index in [1.165, 1.54) is 0 Å². The lowest BCUT2D eigenvalue weighted by atomic mass is 10.1. The summed E-state index contributed by atoms with van der Waals surface area (Å²) in [6, 6.07) is 7.95. The Bertz CT molecular complexity index is 386. The molecule has 1 aromatic rings. The summed E-state index contributed by atoms with van der Waals surface area (Å²) in [5.74, 6) is 0.374.